The predicted octanol–water partition coefficient (Wildman–Crippen LogP) is 13.1. The number of hydrogen-bond donors (Lipinski definition) is 0. The van der Waals surface area contributed by atoms with Gasteiger partial charge in [0.15, 0.2) is 0 Å². The van der Waals surface area contributed by atoms with Gasteiger partial charge in [-0.2, -0.15) is 0 Å². The molecule has 1 aliphatic rings. The number of nitrogens with zero attached hydrogens (tertiary/aromatic N) is 1. The van der Waals surface area contributed by atoms with E-state index in [1.165, 1.54) is 0 Å². The van der Waals surface area contributed by atoms with Crippen LogP contribution in [-0.2, 0) is 0 Å². The maximum atomic E-state index is 6.62. The van der Waals surface area contributed by atoms with Crippen LogP contribution >= 0.6 is 0 Å². The van der Waals surface area contributed by atoms with Crippen LogP contribution in [0.5, 0.6) is 0 Å². The lowest BCUT2D eigenvalue weighted by atomic mass is 9.91. The lowest BCUT2D eigenvalue weighted by molar-refractivity contribution is 0.668. The van der Waals surface area contributed by atoms with E-state index >= 15 is 0 Å². The Morgan fingerprint density at radius 1 is 0.385 bits per heavy atom. The summed E-state index contributed by atoms with van der Waals surface area (Å²) in [7, 11) is 0. The number of aliphatic imine (C=N–C) groups is 1. The summed E-state index contributed by atoms with van der Waals surface area (Å²) in [5.74, 6) is 0. The van der Waals surface area contributed by atoms with Gasteiger partial charge in [0.1, 0.15) is 39.2 Å². The fraction of sp³-hybridized carbons (Fsp3) is 0. The van der Waals surface area contributed by atoms with Gasteiger partial charge in [-0.1, -0.05) is 121 Å². The van der Waals surface area contributed by atoms with Crippen LogP contribution in [0.1, 0.15) is 16.7 Å². The first kappa shape index (κ1) is 28.7. The second-order valence-corrected chi connectivity index (χ2v) is 13.1. The van der Waals surface area contributed by atoms with Gasteiger partial charge in [-0.05, 0) is 70.8 Å². The molecule has 3 aromatic heterocycles. The number of rotatable bonds is 4. The van der Waals surface area contributed by atoms with Gasteiger partial charge in [-0.25, -0.2) is 4.99 Å². The van der Waals surface area contributed by atoms with Crippen molar-refractivity contribution in [3.63, 3.8) is 0 Å². The minimum Gasteiger partial charge on any atom is -0.456 e. The number of para-hydroxylation sites is 2. The molecule has 4 nitrogen and oxygen atoms in total. The van der Waals surface area contributed by atoms with E-state index < -0.39 is 0 Å². The second-order valence-electron chi connectivity index (χ2n) is 13.1. The molecular weight excluding hydrogens is 639 g/mol. The van der Waals surface area contributed by atoms with Crippen LogP contribution in [0.25, 0.3) is 88.2 Å². The minimum atomic E-state index is 0.759. The molecule has 7 aromatic carbocycles. The first-order valence-electron chi connectivity index (χ1n) is 17.4. The fourth-order valence-electron chi connectivity index (χ4n) is 7.88. The van der Waals surface area contributed by atoms with Crippen molar-refractivity contribution in [1.29, 1.82) is 0 Å². The minimum absolute atomic E-state index is 0.759. The molecule has 0 atom stereocenters. The molecule has 0 unspecified atom stereocenters. The quantitative estimate of drug-likeness (QED) is 0.176. The molecule has 0 N–H and O–H groups in total. The van der Waals surface area contributed by atoms with E-state index in [1.807, 2.05) is 60.7 Å². The van der Waals surface area contributed by atoms with E-state index in [0.717, 1.165) is 111 Å². The van der Waals surface area contributed by atoms with E-state index in [9.17, 15) is 0 Å². The van der Waals surface area contributed by atoms with Crippen molar-refractivity contribution in [2.24, 2.45) is 4.99 Å². The highest BCUT2D eigenvalue weighted by Crippen LogP contribution is 2.44. The van der Waals surface area contributed by atoms with E-state index in [0.29, 0.717) is 0 Å². The lowest BCUT2D eigenvalue weighted by Crippen LogP contribution is -2.00. The van der Waals surface area contributed by atoms with Gasteiger partial charge in [-0.3, -0.25) is 0 Å². The summed E-state index contributed by atoms with van der Waals surface area (Å²) < 4.78 is 19.3. The Balaban J connectivity index is 1.20. The molecule has 242 valence electrons. The fourth-order valence-corrected chi connectivity index (χ4v) is 7.88. The van der Waals surface area contributed by atoms with Gasteiger partial charge in [0.2, 0.25) is 0 Å². The van der Waals surface area contributed by atoms with Gasteiger partial charge >= 0.3 is 0 Å². The Bertz CT molecular complexity index is 3210. The van der Waals surface area contributed by atoms with Crippen LogP contribution in [0.3, 0.4) is 0 Å². The Kier molecular flexibility index (Phi) is 6.17. The van der Waals surface area contributed by atoms with Gasteiger partial charge in [0, 0.05) is 43.4 Å². The van der Waals surface area contributed by atoms with Crippen molar-refractivity contribution >= 4 is 82.8 Å². The molecule has 52 heavy (non-hydrogen) atoms. The average Bonchev–Trinajstić information content (AvgIpc) is 3.84. The zero-order chi connectivity index (χ0) is 34.2. The number of benzene rings is 7. The molecule has 11 rings (SSSR count). The molecule has 4 heterocycles. The van der Waals surface area contributed by atoms with Crippen LogP contribution in [0, 0.1) is 0 Å². The van der Waals surface area contributed by atoms with Crippen LogP contribution < -0.4 is 0 Å². The van der Waals surface area contributed by atoms with Crippen molar-refractivity contribution in [3.05, 3.63) is 186 Å². The van der Waals surface area contributed by atoms with E-state index in [-0.39, 0.29) is 0 Å². The highest BCUT2D eigenvalue weighted by molar-refractivity contribution is 6.27. The maximum absolute atomic E-state index is 6.62. The molecule has 0 saturated carbocycles. The van der Waals surface area contributed by atoms with E-state index in [1.54, 1.807) is 0 Å². The van der Waals surface area contributed by atoms with Crippen molar-refractivity contribution in [2.45, 2.75) is 0 Å². The molecule has 0 fully saturated rings. The van der Waals surface area contributed by atoms with Gasteiger partial charge in [0.05, 0.1) is 5.71 Å². The molecule has 4 heteroatoms. The zero-order valence-electron chi connectivity index (χ0n) is 27.8. The number of allylic oxidation sites excluding steroid dienone is 3. The summed E-state index contributed by atoms with van der Waals surface area (Å²) in [6.07, 6.45) is 4.24. The largest absolute Gasteiger partial charge is 0.456 e. The number of fused-ring (bicyclic) bond motifs is 9. The molecule has 0 spiro atoms. The first-order valence-corrected chi connectivity index (χ1v) is 17.4. The zero-order valence-corrected chi connectivity index (χ0v) is 27.8. The topological polar surface area (TPSA) is 51.8 Å². The summed E-state index contributed by atoms with van der Waals surface area (Å²) in [5, 5.41) is 6.37. The summed E-state index contributed by atoms with van der Waals surface area (Å²) >= 11 is 0. The molecule has 0 bridgehead atoms. The van der Waals surface area contributed by atoms with Gasteiger partial charge in [0.25, 0.3) is 0 Å². The van der Waals surface area contributed by atoms with Crippen molar-refractivity contribution in [3.8, 4) is 11.1 Å². The smallest absolute Gasteiger partial charge is 0.136 e. The Labute approximate surface area is 297 Å². The van der Waals surface area contributed by atoms with E-state index in [2.05, 4.69) is 109 Å². The Hall–Kier alpha value is -7.13. The molecular formula is C48H27NO3. The molecule has 10 aromatic rings. The van der Waals surface area contributed by atoms with Crippen LogP contribution in [0.15, 0.2) is 188 Å². The van der Waals surface area contributed by atoms with Crippen molar-refractivity contribution in [2.75, 3.05) is 0 Å². The van der Waals surface area contributed by atoms with Gasteiger partial charge < -0.3 is 13.3 Å². The summed E-state index contributed by atoms with van der Waals surface area (Å²) in [5.41, 5.74) is 16.4. The van der Waals surface area contributed by atoms with Crippen molar-refractivity contribution < 1.29 is 13.3 Å². The first-order chi connectivity index (χ1) is 25.8. The molecule has 0 saturated heterocycles. The summed E-state index contributed by atoms with van der Waals surface area (Å²) in [6, 6.07) is 51.7. The highest BCUT2D eigenvalue weighted by atomic mass is 16.3. The van der Waals surface area contributed by atoms with Crippen LogP contribution in [-0.4, -0.2) is 5.71 Å². The third-order valence-corrected chi connectivity index (χ3v) is 10.1. The Morgan fingerprint density at radius 3 is 1.50 bits per heavy atom. The average molecular weight is 666 g/mol. The van der Waals surface area contributed by atoms with Crippen molar-refractivity contribution in [1.82, 2.24) is 0 Å². The van der Waals surface area contributed by atoms with Gasteiger partial charge in [-0.15, -0.1) is 0 Å². The normalized spacial score (nSPS) is 13.3. The second kappa shape index (κ2) is 11.2. The van der Waals surface area contributed by atoms with E-state index in [4.69, 9.17) is 18.2 Å². The summed E-state index contributed by atoms with van der Waals surface area (Å²) in [6.45, 7) is 0. The summed E-state index contributed by atoms with van der Waals surface area (Å²) in [4.78, 5) is 5.32. The monoisotopic (exact) mass is 665 g/mol. The Morgan fingerprint density at radius 2 is 0.846 bits per heavy atom. The number of hydrogen-bond acceptors (Lipinski definition) is 4. The number of furan rings is 3. The molecule has 0 amide bonds. The highest BCUT2D eigenvalue weighted by Gasteiger charge is 2.22. The maximum Gasteiger partial charge on any atom is 0.136 e. The molecule has 1 aliphatic heterocycles. The third-order valence-electron chi connectivity index (χ3n) is 10.1. The van der Waals surface area contributed by atoms with Crippen LogP contribution in [0.2, 0.25) is 0 Å². The molecule has 0 aliphatic carbocycles. The lowest BCUT2D eigenvalue weighted by Gasteiger charge is -2.10. The van der Waals surface area contributed by atoms with Crippen LogP contribution in [0.4, 0.5) is 0 Å². The standard InChI is InChI=1S/C48H27NO3/c1-2-12-29(13-3-1)37-27-26-30(28-38(49-37)34-19-11-23-42-46(34)36-15-5-7-21-40(36)51-42)31-16-8-24-43-47(31)48-33(18-10-25-44(48)52-43)32-17-9-22-41-45(32)35-14-4-6-20-39(35)50-41/h1-26,28H. The molecule has 0 radical (unpaired) electrons. The predicted molar refractivity (Wildman–Crippen MR) is 213 cm³/mol. The third kappa shape index (κ3) is 4.32. The SMILES string of the molecule is C1=CC(c2cccc3oc4cccc(-c5cccc6oc7ccccc7c56)c4c23)=CC(c2cccc3oc4ccccc4c23)=NC=1c1ccccc1.